The van der Waals surface area contributed by atoms with Gasteiger partial charge in [-0.1, -0.05) is 91.0 Å². The number of nitriles is 1. The maximum absolute atomic E-state index is 13.1. The molecule has 0 saturated carbocycles. The van der Waals surface area contributed by atoms with Crippen LogP contribution in [0.3, 0.4) is 0 Å². The predicted molar refractivity (Wildman–Crippen MR) is 137 cm³/mol. The second kappa shape index (κ2) is 9.09. The summed E-state index contributed by atoms with van der Waals surface area (Å²) in [5.41, 5.74) is 3.82. The van der Waals surface area contributed by atoms with Crippen molar-refractivity contribution >= 4 is 33.3 Å². The minimum Gasteiger partial charge on any atom is -0.444 e. The first-order chi connectivity index (χ1) is 16.7. The van der Waals surface area contributed by atoms with Crippen LogP contribution >= 0.6 is 0 Å². The number of fused-ring (bicyclic) bond motifs is 2. The third-order valence-corrected chi connectivity index (χ3v) is 6.05. The Morgan fingerprint density at radius 2 is 1.35 bits per heavy atom. The minimum atomic E-state index is -0.459. The molecule has 0 saturated heterocycles. The fourth-order valence-corrected chi connectivity index (χ4v) is 4.35. The van der Waals surface area contributed by atoms with Crippen LogP contribution in [0.5, 0.6) is 0 Å². The first kappa shape index (κ1) is 21.2. The summed E-state index contributed by atoms with van der Waals surface area (Å²) in [6.45, 7) is 0.185. The Hall–Kier alpha value is -4.62. The van der Waals surface area contributed by atoms with Gasteiger partial charge in [0.15, 0.2) is 0 Å². The number of rotatable bonds is 4. The topological polar surface area (TPSA) is 53.3 Å². The van der Waals surface area contributed by atoms with Crippen molar-refractivity contribution in [1.29, 1.82) is 5.26 Å². The predicted octanol–water partition coefficient (Wildman–Crippen LogP) is 7.30. The number of hydrogen-bond acceptors (Lipinski definition) is 3. The van der Waals surface area contributed by atoms with Crippen molar-refractivity contribution in [2.75, 3.05) is 11.9 Å². The zero-order chi connectivity index (χ0) is 23.5. The molecule has 0 spiro atoms. The van der Waals surface area contributed by atoms with Crippen molar-refractivity contribution in [2.24, 2.45) is 0 Å². The molecule has 0 N–H and O–H groups in total. The van der Waals surface area contributed by atoms with E-state index in [9.17, 15) is 10.1 Å². The van der Waals surface area contributed by atoms with E-state index in [4.69, 9.17) is 4.74 Å². The molecule has 0 unspecified atom stereocenters. The highest BCUT2D eigenvalue weighted by Gasteiger charge is 2.22. The SMILES string of the molecule is CN(C(=O)OCc1ccccc1)c1ccc2ccccc2c1-c1c(C#N)ccc2ccccc12. The van der Waals surface area contributed by atoms with Gasteiger partial charge in [-0.05, 0) is 39.2 Å². The molecule has 5 aromatic carbocycles. The van der Waals surface area contributed by atoms with Crippen LogP contribution in [0.4, 0.5) is 10.5 Å². The van der Waals surface area contributed by atoms with Crippen LogP contribution in [-0.4, -0.2) is 13.1 Å². The molecule has 4 nitrogen and oxygen atoms in total. The molecule has 5 aromatic rings. The van der Waals surface area contributed by atoms with E-state index < -0.39 is 6.09 Å². The average Bonchev–Trinajstić information content (AvgIpc) is 2.90. The third-order valence-electron chi connectivity index (χ3n) is 6.05. The number of anilines is 1. The zero-order valence-electron chi connectivity index (χ0n) is 18.7. The molecule has 4 heteroatoms. The third kappa shape index (κ3) is 3.85. The zero-order valence-corrected chi connectivity index (χ0v) is 18.7. The molecule has 164 valence electrons. The quantitative estimate of drug-likeness (QED) is 0.293. The van der Waals surface area contributed by atoms with E-state index in [1.165, 1.54) is 4.90 Å². The lowest BCUT2D eigenvalue weighted by molar-refractivity contribution is 0.148. The van der Waals surface area contributed by atoms with Crippen molar-refractivity contribution in [3.8, 4) is 17.2 Å². The van der Waals surface area contributed by atoms with Gasteiger partial charge in [0.25, 0.3) is 0 Å². The van der Waals surface area contributed by atoms with Crippen molar-refractivity contribution in [3.05, 3.63) is 114 Å². The standard InChI is InChI=1S/C30H22N2O2/c1-32(30(33)34-20-21-9-3-2-4-10-21)27-18-17-23-12-6-8-14-26(23)29(27)28-24(19-31)16-15-22-11-5-7-13-25(22)28/h2-18H,20H2,1H3. The summed E-state index contributed by atoms with van der Waals surface area (Å²) in [5.74, 6) is 0. The number of carbonyl (C=O) groups excluding carboxylic acids is 1. The van der Waals surface area contributed by atoms with Crippen LogP contribution in [0, 0.1) is 11.3 Å². The molecule has 0 aliphatic rings. The van der Waals surface area contributed by atoms with Gasteiger partial charge in [0.1, 0.15) is 6.61 Å². The lowest BCUT2D eigenvalue weighted by Crippen LogP contribution is -2.27. The fraction of sp³-hybridized carbons (Fsp3) is 0.0667. The number of ether oxygens (including phenoxy) is 1. The molecule has 0 atom stereocenters. The molecule has 0 radical (unpaired) electrons. The fourth-order valence-electron chi connectivity index (χ4n) is 4.35. The smallest absolute Gasteiger partial charge is 0.414 e. The van der Waals surface area contributed by atoms with Gasteiger partial charge in [-0.2, -0.15) is 5.26 Å². The van der Waals surface area contributed by atoms with Gasteiger partial charge in [-0.15, -0.1) is 0 Å². The van der Waals surface area contributed by atoms with E-state index in [0.717, 1.165) is 38.2 Å². The van der Waals surface area contributed by atoms with E-state index in [0.29, 0.717) is 11.3 Å². The van der Waals surface area contributed by atoms with Crippen molar-refractivity contribution in [1.82, 2.24) is 0 Å². The highest BCUT2D eigenvalue weighted by atomic mass is 16.6. The Balaban J connectivity index is 1.68. The number of amides is 1. The molecular formula is C30H22N2O2. The molecule has 0 fully saturated rings. The van der Waals surface area contributed by atoms with Crippen molar-refractivity contribution < 1.29 is 9.53 Å². The first-order valence-corrected chi connectivity index (χ1v) is 11.1. The van der Waals surface area contributed by atoms with E-state index >= 15 is 0 Å². The van der Waals surface area contributed by atoms with Gasteiger partial charge in [-0.25, -0.2) is 4.79 Å². The summed E-state index contributed by atoms with van der Waals surface area (Å²) in [6.07, 6.45) is -0.459. The number of nitrogens with zero attached hydrogens (tertiary/aromatic N) is 2. The van der Waals surface area contributed by atoms with Gasteiger partial charge in [0.05, 0.1) is 17.3 Å². The molecule has 34 heavy (non-hydrogen) atoms. The average molecular weight is 443 g/mol. The maximum Gasteiger partial charge on any atom is 0.414 e. The van der Waals surface area contributed by atoms with Gasteiger partial charge >= 0.3 is 6.09 Å². The summed E-state index contributed by atoms with van der Waals surface area (Å²) in [6, 6.07) is 35.7. The summed E-state index contributed by atoms with van der Waals surface area (Å²) in [7, 11) is 1.71. The number of hydrogen-bond donors (Lipinski definition) is 0. The molecule has 1 amide bonds. The maximum atomic E-state index is 13.1. The molecule has 0 aliphatic heterocycles. The normalized spacial score (nSPS) is 10.7. The molecule has 0 aromatic heterocycles. The minimum absolute atomic E-state index is 0.185. The Morgan fingerprint density at radius 1 is 0.765 bits per heavy atom. The molecule has 0 aliphatic carbocycles. The lowest BCUT2D eigenvalue weighted by atomic mass is 9.89. The Kier molecular flexibility index (Phi) is 5.68. The summed E-state index contributed by atoms with van der Waals surface area (Å²) in [5, 5.41) is 14.0. The van der Waals surface area contributed by atoms with Gasteiger partial charge in [-0.3, -0.25) is 4.90 Å². The molecule has 5 rings (SSSR count). The second-order valence-electron chi connectivity index (χ2n) is 8.10. The van der Waals surface area contributed by atoms with Crippen LogP contribution in [0.1, 0.15) is 11.1 Å². The highest BCUT2D eigenvalue weighted by molar-refractivity contribution is 6.13. The Morgan fingerprint density at radius 3 is 2.03 bits per heavy atom. The molecule has 0 heterocycles. The van der Waals surface area contributed by atoms with Crippen LogP contribution in [-0.2, 0) is 11.3 Å². The van der Waals surface area contributed by atoms with Crippen molar-refractivity contribution in [2.45, 2.75) is 6.61 Å². The van der Waals surface area contributed by atoms with E-state index in [2.05, 4.69) is 6.07 Å². The summed E-state index contributed by atoms with van der Waals surface area (Å²) < 4.78 is 5.61. The summed E-state index contributed by atoms with van der Waals surface area (Å²) >= 11 is 0. The van der Waals surface area contributed by atoms with Crippen molar-refractivity contribution in [3.63, 3.8) is 0 Å². The Bertz CT molecular complexity index is 1550. The lowest BCUT2D eigenvalue weighted by Gasteiger charge is -2.23. The first-order valence-electron chi connectivity index (χ1n) is 11.1. The monoisotopic (exact) mass is 442 g/mol. The number of carbonyl (C=O) groups is 1. The van der Waals surface area contributed by atoms with Crippen LogP contribution in [0.15, 0.2) is 103 Å². The Labute approximate surface area is 198 Å². The highest BCUT2D eigenvalue weighted by Crippen LogP contribution is 2.42. The number of benzene rings is 5. The summed E-state index contributed by atoms with van der Waals surface area (Å²) in [4.78, 5) is 14.6. The van der Waals surface area contributed by atoms with Gasteiger partial charge in [0, 0.05) is 18.2 Å². The second-order valence-corrected chi connectivity index (χ2v) is 8.10. The molecular weight excluding hydrogens is 420 g/mol. The van der Waals surface area contributed by atoms with Crippen LogP contribution in [0.25, 0.3) is 32.7 Å². The van der Waals surface area contributed by atoms with Gasteiger partial charge in [0.2, 0.25) is 0 Å². The van der Waals surface area contributed by atoms with E-state index in [1.807, 2.05) is 103 Å². The van der Waals surface area contributed by atoms with E-state index in [-0.39, 0.29) is 6.61 Å². The van der Waals surface area contributed by atoms with Crippen LogP contribution < -0.4 is 4.90 Å². The largest absolute Gasteiger partial charge is 0.444 e. The van der Waals surface area contributed by atoms with E-state index in [1.54, 1.807) is 7.05 Å². The van der Waals surface area contributed by atoms with Crippen LogP contribution in [0.2, 0.25) is 0 Å². The molecule has 0 bridgehead atoms. The van der Waals surface area contributed by atoms with Gasteiger partial charge < -0.3 is 4.74 Å².